The number of hydrogen-bond acceptors (Lipinski definition) is 2. The number of nitrogens with zero attached hydrogens (tertiary/aromatic N) is 1. The molecule has 0 aliphatic heterocycles. The fourth-order valence-electron chi connectivity index (χ4n) is 2.39. The number of carboxylic acid groups (broad SMARTS) is 1. The summed E-state index contributed by atoms with van der Waals surface area (Å²) >= 11 is 0. The zero-order chi connectivity index (χ0) is 16.7. The summed E-state index contributed by atoms with van der Waals surface area (Å²) in [5.41, 5.74) is 2.00. The summed E-state index contributed by atoms with van der Waals surface area (Å²) in [6.45, 7) is 1.85. The molecule has 0 fully saturated rings. The van der Waals surface area contributed by atoms with E-state index in [1.807, 2.05) is 60.7 Å². The van der Waals surface area contributed by atoms with Crippen molar-refractivity contribution in [1.29, 1.82) is 0 Å². The van der Waals surface area contributed by atoms with Gasteiger partial charge in [0.25, 0.3) is 0 Å². The lowest BCUT2D eigenvalue weighted by molar-refractivity contribution is -0.150. The second-order valence-corrected chi connectivity index (χ2v) is 5.51. The van der Waals surface area contributed by atoms with Crippen LogP contribution >= 0.6 is 0 Å². The molecule has 0 radical (unpaired) electrons. The van der Waals surface area contributed by atoms with Crippen LogP contribution < -0.4 is 0 Å². The second-order valence-electron chi connectivity index (χ2n) is 5.51. The first-order chi connectivity index (χ1) is 11.1. The Morgan fingerprint density at radius 1 is 0.957 bits per heavy atom. The maximum Gasteiger partial charge on any atom is 0.326 e. The number of amides is 1. The highest BCUT2D eigenvalue weighted by atomic mass is 16.4. The molecule has 23 heavy (non-hydrogen) atoms. The zero-order valence-corrected chi connectivity index (χ0v) is 13.2. The summed E-state index contributed by atoms with van der Waals surface area (Å²) in [5.74, 6) is -1.14. The van der Waals surface area contributed by atoms with Crippen LogP contribution in [0, 0.1) is 0 Å². The molecular formula is C19H21NO3. The normalized spacial score (nSPS) is 11.7. The average molecular weight is 311 g/mol. The van der Waals surface area contributed by atoms with Crippen molar-refractivity contribution in [3.8, 4) is 0 Å². The Morgan fingerprint density at radius 2 is 1.48 bits per heavy atom. The molecule has 1 amide bonds. The van der Waals surface area contributed by atoms with Crippen molar-refractivity contribution in [3.05, 3.63) is 71.8 Å². The molecule has 1 N–H and O–H groups in total. The van der Waals surface area contributed by atoms with Crippen molar-refractivity contribution in [2.24, 2.45) is 0 Å². The lowest BCUT2D eigenvalue weighted by Gasteiger charge is -2.27. The Labute approximate surface area is 136 Å². The van der Waals surface area contributed by atoms with Gasteiger partial charge in [-0.05, 0) is 24.5 Å². The van der Waals surface area contributed by atoms with Gasteiger partial charge in [0.05, 0.1) is 0 Å². The van der Waals surface area contributed by atoms with Gasteiger partial charge < -0.3 is 10.0 Å². The van der Waals surface area contributed by atoms with Crippen LogP contribution in [0.5, 0.6) is 0 Å². The van der Waals surface area contributed by atoms with Crippen molar-refractivity contribution in [2.45, 2.75) is 32.4 Å². The summed E-state index contributed by atoms with van der Waals surface area (Å²) < 4.78 is 0. The number of carbonyl (C=O) groups is 2. The van der Waals surface area contributed by atoms with Crippen LogP contribution in [0.4, 0.5) is 0 Å². The summed E-state index contributed by atoms with van der Waals surface area (Å²) in [6, 6.07) is 18.3. The molecule has 1 atom stereocenters. The molecule has 1 unspecified atom stereocenters. The zero-order valence-electron chi connectivity index (χ0n) is 13.2. The fourth-order valence-corrected chi connectivity index (χ4v) is 2.39. The summed E-state index contributed by atoms with van der Waals surface area (Å²) in [4.78, 5) is 25.3. The molecule has 0 heterocycles. The number of benzene rings is 2. The van der Waals surface area contributed by atoms with Crippen LogP contribution in [0.1, 0.15) is 24.5 Å². The van der Waals surface area contributed by atoms with Crippen molar-refractivity contribution in [3.63, 3.8) is 0 Å². The van der Waals surface area contributed by atoms with Gasteiger partial charge >= 0.3 is 5.97 Å². The number of hydrogen-bond donors (Lipinski definition) is 1. The van der Waals surface area contributed by atoms with E-state index >= 15 is 0 Å². The molecule has 2 rings (SSSR count). The third-order valence-corrected chi connectivity index (χ3v) is 3.81. The quantitative estimate of drug-likeness (QED) is 0.854. The molecule has 0 aliphatic rings. The fraction of sp³-hybridized carbons (Fsp3) is 0.263. The Balaban J connectivity index is 2.06. The lowest BCUT2D eigenvalue weighted by atomic mass is 10.1. The minimum Gasteiger partial charge on any atom is -0.480 e. The molecule has 4 heteroatoms. The van der Waals surface area contributed by atoms with Crippen molar-refractivity contribution in [1.82, 2.24) is 4.90 Å². The Bertz CT molecular complexity index is 640. The van der Waals surface area contributed by atoms with Gasteiger partial charge in [-0.2, -0.15) is 0 Å². The first kappa shape index (κ1) is 16.7. The van der Waals surface area contributed by atoms with Crippen LogP contribution in [0.15, 0.2) is 60.7 Å². The van der Waals surface area contributed by atoms with Gasteiger partial charge in [0, 0.05) is 13.0 Å². The predicted molar refractivity (Wildman–Crippen MR) is 88.9 cm³/mol. The highest BCUT2D eigenvalue weighted by Crippen LogP contribution is 2.12. The Kier molecular flexibility index (Phi) is 5.92. The highest BCUT2D eigenvalue weighted by Gasteiger charge is 2.25. The van der Waals surface area contributed by atoms with Crippen LogP contribution in [-0.4, -0.2) is 27.9 Å². The van der Waals surface area contributed by atoms with Gasteiger partial charge in [0.15, 0.2) is 0 Å². The molecule has 4 nitrogen and oxygen atoms in total. The summed E-state index contributed by atoms with van der Waals surface area (Å²) in [5, 5.41) is 9.27. The third-order valence-electron chi connectivity index (χ3n) is 3.81. The van der Waals surface area contributed by atoms with Gasteiger partial charge in [-0.3, -0.25) is 4.79 Å². The van der Waals surface area contributed by atoms with Gasteiger partial charge in [-0.1, -0.05) is 60.7 Å². The van der Waals surface area contributed by atoms with E-state index in [1.54, 1.807) is 6.92 Å². The number of carbonyl (C=O) groups excluding carboxylic acids is 1. The van der Waals surface area contributed by atoms with E-state index in [2.05, 4.69) is 0 Å². The maximum atomic E-state index is 12.5. The van der Waals surface area contributed by atoms with Gasteiger partial charge in [-0.15, -0.1) is 0 Å². The van der Waals surface area contributed by atoms with Crippen molar-refractivity contribution < 1.29 is 14.7 Å². The maximum absolute atomic E-state index is 12.5. The monoisotopic (exact) mass is 311 g/mol. The van der Waals surface area contributed by atoms with E-state index < -0.39 is 12.0 Å². The molecule has 0 saturated carbocycles. The predicted octanol–water partition coefficient (Wildman–Crippen LogP) is 3.12. The summed E-state index contributed by atoms with van der Waals surface area (Å²) in [6.07, 6.45) is 0.909. The summed E-state index contributed by atoms with van der Waals surface area (Å²) in [7, 11) is 0. The largest absolute Gasteiger partial charge is 0.480 e. The van der Waals surface area contributed by atoms with E-state index in [0.29, 0.717) is 19.4 Å². The van der Waals surface area contributed by atoms with E-state index in [1.165, 1.54) is 4.90 Å². The standard InChI is InChI=1S/C19H21NO3/c1-15(19(22)23)20(14-17-10-6-3-7-11-17)18(21)13-12-16-8-4-2-5-9-16/h2-11,15H,12-14H2,1H3,(H,22,23). The van der Waals surface area contributed by atoms with Crippen LogP contribution in [-0.2, 0) is 22.6 Å². The number of rotatable bonds is 7. The van der Waals surface area contributed by atoms with Crippen LogP contribution in [0.2, 0.25) is 0 Å². The molecule has 0 bridgehead atoms. The molecule has 0 saturated heterocycles. The van der Waals surface area contributed by atoms with Gasteiger partial charge in [0.2, 0.25) is 5.91 Å². The molecule has 0 spiro atoms. The average Bonchev–Trinajstić information content (AvgIpc) is 2.58. The second kappa shape index (κ2) is 8.13. The molecule has 0 aliphatic carbocycles. The first-order valence-electron chi connectivity index (χ1n) is 7.68. The minimum atomic E-state index is -0.992. The highest BCUT2D eigenvalue weighted by molar-refractivity contribution is 5.83. The SMILES string of the molecule is CC(C(=O)O)N(Cc1ccccc1)C(=O)CCc1ccccc1. The van der Waals surface area contributed by atoms with E-state index in [-0.39, 0.29) is 5.91 Å². The molecular weight excluding hydrogens is 290 g/mol. The minimum absolute atomic E-state index is 0.146. The van der Waals surface area contributed by atoms with Crippen molar-refractivity contribution >= 4 is 11.9 Å². The van der Waals surface area contributed by atoms with Gasteiger partial charge in [0.1, 0.15) is 6.04 Å². The lowest BCUT2D eigenvalue weighted by Crippen LogP contribution is -2.42. The Hall–Kier alpha value is -2.62. The van der Waals surface area contributed by atoms with Crippen molar-refractivity contribution in [2.75, 3.05) is 0 Å². The topological polar surface area (TPSA) is 57.6 Å². The van der Waals surface area contributed by atoms with E-state index in [0.717, 1.165) is 11.1 Å². The number of carboxylic acids is 1. The smallest absolute Gasteiger partial charge is 0.326 e. The number of aryl methyl sites for hydroxylation is 1. The van der Waals surface area contributed by atoms with Crippen LogP contribution in [0.25, 0.3) is 0 Å². The van der Waals surface area contributed by atoms with E-state index in [9.17, 15) is 14.7 Å². The van der Waals surface area contributed by atoms with E-state index in [4.69, 9.17) is 0 Å². The molecule has 2 aromatic carbocycles. The van der Waals surface area contributed by atoms with Crippen LogP contribution in [0.3, 0.4) is 0 Å². The Morgan fingerprint density at radius 3 is 2.00 bits per heavy atom. The molecule has 2 aromatic rings. The third kappa shape index (κ3) is 4.95. The molecule has 120 valence electrons. The van der Waals surface area contributed by atoms with Gasteiger partial charge in [-0.25, -0.2) is 4.79 Å². The molecule has 0 aromatic heterocycles. The number of aliphatic carboxylic acids is 1. The first-order valence-corrected chi connectivity index (χ1v) is 7.68.